The van der Waals surface area contributed by atoms with E-state index in [1.165, 1.54) is 10.4 Å². The zero-order chi connectivity index (χ0) is 26.2. The molecule has 4 nitrogen and oxygen atoms in total. The van der Waals surface area contributed by atoms with Crippen LogP contribution in [0, 0.1) is 5.41 Å². The Bertz CT molecular complexity index is 860. The molecular weight excluding hydrogens is 452 g/mol. The highest BCUT2D eigenvalue weighted by Crippen LogP contribution is 2.37. The van der Waals surface area contributed by atoms with Crippen molar-refractivity contribution in [2.45, 2.75) is 91.2 Å². The number of esters is 1. The SMILES string of the molecule is CC(C)(C)OC(=O)C(C)(CO)CCCCCCO[Si](c1ccccc1)(c1ccccc1)C(C)(C)C. The van der Waals surface area contributed by atoms with Gasteiger partial charge in [0.05, 0.1) is 12.0 Å². The molecule has 0 bridgehead atoms. The Balaban J connectivity index is 2.00. The molecule has 5 heteroatoms. The minimum atomic E-state index is -2.49. The summed E-state index contributed by atoms with van der Waals surface area (Å²) in [6.45, 7) is 14.8. The van der Waals surface area contributed by atoms with Gasteiger partial charge in [-0.25, -0.2) is 0 Å². The Kier molecular flexibility index (Phi) is 10.3. The molecule has 0 aliphatic carbocycles. The van der Waals surface area contributed by atoms with Crippen LogP contribution < -0.4 is 10.4 Å². The van der Waals surface area contributed by atoms with Crippen LogP contribution in [0.5, 0.6) is 0 Å². The summed E-state index contributed by atoms with van der Waals surface area (Å²) in [5.41, 5.74) is -1.40. The van der Waals surface area contributed by atoms with Crippen molar-refractivity contribution in [2.75, 3.05) is 13.2 Å². The molecule has 35 heavy (non-hydrogen) atoms. The van der Waals surface area contributed by atoms with Crippen LogP contribution in [0.3, 0.4) is 0 Å². The molecule has 1 unspecified atom stereocenters. The van der Waals surface area contributed by atoms with E-state index in [9.17, 15) is 9.90 Å². The quantitative estimate of drug-likeness (QED) is 0.226. The van der Waals surface area contributed by atoms with Crippen molar-refractivity contribution in [3.63, 3.8) is 0 Å². The van der Waals surface area contributed by atoms with E-state index in [0.29, 0.717) is 13.0 Å². The summed E-state index contributed by atoms with van der Waals surface area (Å²) in [6.07, 6.45) is 4.47. The van der Waals surface area contributed by atoms with Gasteiger partial charge in [0.1, 0.15) is 5.60 Å². The van der Waals surface area contributed by atoms with Gasteiger partial charge in [-0.2, -0.15) is 0 Å². The largest absolute Gasteiger partial charge is 0.459 e. The van der Waals surface area contributed by atoms with E-state index in [2.05, 4.69) is 81.4 Å². The van der Waals surface area contributed by atoms with E-state index in [4.69, 9.17) is 9.16 Å². The molecular formula is C30H46O4Si. The molecule has 2 aromatic carbocycles. The van der Waals surface area contributed by atoms with Gasteiger partial charge in [0, 0.05) is 6.61 Å². The van der Waals surface area contributed by atoms with E-state index in [0.717, 1.165) is 25.7 Å². The van der Waals surface area contributed by atoms with Gasteiger partial charge >= 0.3 is 5.97 Å². The second-order valence-electron chi connectivity index (χ2n) is 11.9. The van der Waals surface area contributed by atoms with Crippen molar-refractivity contribution in [1.82, 2.24) is 0 Å². The molecule has 2 aromatic rings. The summed E-state index contributed by atoms with van der Waals surface area (Å²) in [7, 11) is -2.49. The van der Waals surface area contributed by atoms with Crippen molar-refractivity contribution in [3.8, 4) is 0 Å². The maximum absolute atomic E-state index is 12.6. The Hall–Kier alpha value is -1.95. The molecule has 0 aromatic heterocycles. The van der Waals surface area contributed by atoms with E-state index in [1.807, 2.05) is 20.8 Å². The third-order valence-electron chi connectivity index (χ3n) is 6.60. The van der Waals surface area contributed by atoms with Gasteiger partial charge in [-0.05, 0) is 55.9 Å². The smallest absolute Gasteiger partial charge is 0.314 e. The average molecular weight is 499 g/mol. The lowest BCUT2D eigenvalue weighted by Gasteiger charge is -2.43. The van der Waals surface area contributed by atoms with E-state index < -0.39 is 19.3 Å². The summed E-state index contributed by atoms with van der Waals surface area (Å²) < 4.78 is 12.5. The molecule has 0 saturated carbocycles. The maximum Gasteiger partial charge on any atom is 0.314 e. The van der Waals surface area contributed by atoms with Crippen molar-refractivity contribution < 1.29 is 19.1 Å². The number of benzene rings is 2. The van der Waals surface area contributed by atoms with Crippen LogP contribution in [0.15, 0.2) is 60.7 Å². The van der Waals surface area contributed by atoms with Gasteiger partial charge < -0.3 is 14.3 Å². The van der Waals surface area contributed by atoms with Crippen LogP contribution >= 0.6 is 0 Å². The minimum absolute atomic E-state index is 0.0218. The second kappa shape index (κ2) is 12.3. The minimum Gasteiger partial charge on any atom is -0.459 e. The van der Waals surface area contributed by atoms with Crippen LogP contribution in [0.4, 0.5) is 0 Å². The Morgan fingerprint density at radius 3 is 1.69 bits per heavy atom. The number of unbranched alkanes of at least 4 members (excludes halogenated alkanes) is 3. The fourth-order valence-corrected chi connectivity index (χ4v) is 9.21. The number of hydrogen-bond donors (Lipinski definition) is 1. The fourth-order valence-electron chi connectivity index (χ4n) is 4.60. The molecule has 194 valence electrons. The number of aliphatic hydroxyl groups is 1. The molecule has 0 saturated heterocycles. The van der Waals surface area contributed by atoms with Gasteiger partial charge in [0.2, 0.25) is 0 Å². The third-order valence-corrected chi connectivity index (χ3v) is 11.6. The number of ether oxygens (including phenoxy) is 1. The third kappa shape index (κ3) is 7.76. The normalized spacial score (nSPS) is 14.4. The zero-order valence-corrected chi connectivity index (χ0v) is 23.9. The van der Waals surface area contributed by atoms with Crippen molar-refractivity contribution in [3.05, 3.63) is 60.7 Å². The molecule has 0 amide bonds. The predicted octanol–water partition coefficient (Wildman–Crippen LogP) is 5.85. The number of carbonyl (C=O) groups is 1. The Morgan fingerprint density at radius 1 is 0.771 bits per heavy atom. The standard InChI is InChI=1S/C30H46O4Si/c1-28(2,3)34-27(32)30(7,24-31)22-16-8-9-17-23-33-35(29(4,5)6,25-18-12-10-13-19-25)26-20-14-11-15-21-26/h10-15,18-21,31H,8-9,16-17,22-24H2,1-7H3. The van der Waals surface area contributed by atoms with Crippen LogP contribution in [0.25, 0.3) is 0 Å². The van der Waals surface area contributed by atoms with E-state index >= 15 is 0 Å². The molecule has 0 radical (unpaired) electrons. The summed E-state index contributed by atoms with van der Waals surface area (Å²) in [5, 5.41) is 12.4. The van der Waals surface area contributed by atoms with Crippen LogP contribution in [-0.4, -0.2) is 38.2 Å². The predicted molar refractivity (Wildman–Crippen MR) is 148 cm³/mol. The number of aliphatic hydroxyl groups excluding tert-OH is 1. The first-order chi connectivity index (χ1) is 16.4. The van der Waals surface area contributed by atoms with Crippen molar-refractivity contribution >= 4 is 24.7 Å². The lowest BCUT2D eigenvalue weighted by atomic mass is 9.85. The molecule has 2 rings (SSSR count). The van der Waals surface area contributed by atoms with Gasteiger partial charge in [0.25, 0.3) is 8.32 Å². The molecule has 0 aliphatic rings. The maximum atomic E-state index is 12.6. The van der Waals surface area contributed by atoms with Crippen LogP contribution in [-0.2, 0) is 14.0 Å². The first-order valence-electron chi connectivity index (χ1n) is 12.9. The Labute approximate surface area is 214 Å². The van der Waals surface area contributed by atoms with Gasteiger partial charge in [0.15, 0.2) is 0 Å². The number of rotatable bonds is 12. The number of carbonyl (C=O) groups excluding carboxylic acids is 1. The molecule has 0 aliphatic heterocycles. The average Bonchev–Trinajstić information content (AvgIpc) is 2.80. The monoisotopic (exact) mass is 498 g/mol. The highest BCUT2D eigenvalue weighted by Gasteiger charge is 2.49. The molecule has 1 atom stereocenters. The Morgan fingerprint density at radius 2 is 1.26 bits per heavy atom. The second-order valence-corrected chi connectivity index (χ2v) is 16.2. The van der Waals surface area contributed by atoms with Crippen molar-refractivity contribution in [1.29, 1.82) is 0 Å². The van der Waals surface area contributed by atoms with Crippen LogP contribution in [0.2, 0.25) is 5.04 Å². The summed E-state index contributed by atoms with van der Waals surface area (Å²) in [5.74, 6) is -0.317. The lowest BCUT2D eigenvalue weighted by Crippen LogP contribution is -2.66. The summed E-state index contributed by atoms with van der Waals surface area (Å²) in [6, 6.07) is 21.4. The molecule has 1 N–H and O–H groups in total. The van der Waals surface area contributed by atoms with Gasteiger partial charge in [-0.1, -0.05) is 101 Å². The zero-order valence-electron chi connectivity index (χ0n) is 22.9. The highest BCUT2D eigenvalue weighted by molar-refractivity contribution is 6.99. The van der Waals surface area contributed by atoms with Crippen LogP contribution in [0.1, 0.15) is 80.6 Å². The first-order valence-corrected chi connectivity index (χ1v) is 14.9. The molecule has 0 heterocycles. The topological polar surface area (TPSA) is 55.8 Å². The van der Waals surface area contributed by atoms with E-state index in [1.54, 1.807) is 6.92 Å². The summed E-state index contributed by atoms with van der Waals surface area (Å²) >= 11 is 0. The fraction of sp³-hybridized carbons (Fsp3) is 0.567. The lowest BCUT2D eigenvalue weighted by molar-refractivity contribution is -0.169. The first kappa shape index (κ1) is 29.3. The molecule has 0 spiro atoms. The van der Waals surface area contributed by atoms with Gasteiger partial charge in [-0.3, -0.25) is 4.79 Å². The van der Waals surface area contributed by atoms with Gasteiger partial charge in [-0.15, -0.1) is 0 Å². The highest BCUT2D eigenvalue weighted by atomic mass is 28.4. The number of hydrogen-bond acceptors (Lipinski definition) is 4. The van der Waals surface area contributed by atoms with Crippen molar-refractivity contribution in [2.24, 2.45) is 5.41 Å². The molecule has 0 fully saturated rings. The van der Waals surface area contributed by atoms with E-state index in [-0.39, 0.29) is 17.6 Å². The summed E-state index contributed by atoms with van der Waals surface area (Å²) in [4.78, 5) is 12.6.